The van der Waals surface area contributed by atoms with Gasteiger partial charge in [-0.25, -0.2) is 10.4 Å². The predicted octanol–water partition coefficient (Wildman–Crippen LogP) is 3.58. The maximum atomic E-state index is 12.3. The molecule has 11 nitrogen and oxygen atoms in total. The lowest BCUT2D eigenvalue weighted by Crippen LogP contribution is -2.28. The summed E-state index contributed by atoms with van der Waals surface area (Å²) in [4.78, 5) is 31.6. The van der Waals surface area contributed by atoms with Crippen molar-refractivity contribution in [2.75, 3.05) is 13.7 Å². The summed E-state index contributed by atoms with van der Waals surface area (Å²) in [6, 6.07) is 11.5. The van der Waals surface area contributed by atoms with Crippen LogP contribution in [0.1, 0.15) is 0 Å². The first-order valence-electron chi connectivity index (χ1n) is 9.97. The van der Waals surface area contributed by atoms with E-state index in [1.807, 2.05) is 12.1 Å². The topological polar surface area (TPSA) is 134 Å². The predicted molar refractivity (Wildman–Crippen MR) is 129 cm³/mol. The largest absolute Gasteiger partial charge is 0.497 e. The molecule has 4 aromatic rings. The number of nitrogens with zero attached hydrogens (tertiary/aromatic N) is 5. The molecule has 0 fully saturated rings. The van der Waals surface area contributed by atoms with Crippen LogP contribution in [-0.2, 0) is 4.79 Å². The summed E-state index contributed by atoms with van der Waals surface area (Å²) < 4.78 is 12.1. The Morgan fingerprint density at radius 2 is 2.06 bits per heavy atom. The average Bonchev–Trinajstić information content (AvgIpc) is 3.30. The lowest BCUT2D eigenvalue weighted by atomic mass is 10.1. The third-order valence-corrected chi connectivity index (χ3v) is 5.70. The zero-order chi connectivity index (χ0) is 24.8. The zero-order valence-corrected chi connectivity index (χ0v) is 19.7. The minimum atomic E-state index is -0.549. The van der Waals surface area contributed by atoms with Crippen LogP contribution < -0.4 is 19.7 Å². The second kappa shape index (κ2) is 10.8. The number of hydrogen-bond donors (Lipinski definition) is 1. The summed E-state index contributed by atoms with van der Waals surface area (Å²) in [7, 11) is 1.56. The van der Waals surface area contributed by atoms with Crippen molar-refractivity contribution in [1.29, 1.82) is 0 Å². The molecule has 0 spiro atoms. The van der Waals surface area contributed by atoms with Crippen LogP contribution in [0.25, 0.3) is 16.9 Å². The van der Waals surface area contributed by atoms with Crippen molar-refractivity contribution in [2.45, 2.75) is 0 Å². The highest BCUT2D eigenvalue weighted by Gasteiger charge is 2.21. The molecule has 35 heavy (non-hydrogen) atoms. The van der Waals surface area contributed by atoms with E-state index >= 15 is 0 Å². The van der Waals surface area contributed by atoms with Crippen LogP contribution in [0.2, 0.25) is 5.02 Å². The van der Waals surface area contributed by atoms with E-state index in [-0.39, 0.29) is 33.7 Å². The van der Waals surface area contributed by atoms with Gasteiger partial charge in [-0.3, -0.25) is 24.5 Å². The molecule has 0 aliphatic rings. The molecular formula is C22H17ClN6O5S. The smallest absolute Gasteiger partial charge is 0.294 e. The number of methoxy groups -OCH3 is 1. The molecule has 0 saturated heterocycles. The van der Waals surface area contributed by atoms with Crippen LogP contribution in [0, 0.1) is 10.1 Å². The minimum Gasteiger partial charge on any atom is -0.497 e. The van der Waals surface area contributed by atoms with Gasteiger partial charge in [-0.1, -0.05) is 11.6 Å². The Morgan fingerprint density at radius 3 is 2.74 bits per heavy atom. The van der Waals surface area contributed by atoms with Crippen LogP contribution in [0.5, 0.6) is 11.6 Å². The Balaban J connectivity index is 1.73. The van der Waals surface area contributed by atoms with E-state index in [4.69, 9.17) is 21.1 Å². The number of rotatable bonds is 8. The molecule has 2 heterocycles. The van der Waals surface area contributed by atoms with Gasteiger partial charge >= 0.3 is 0 Å². The van der Waals surface area contributed by atoms with E-state index in [0.717, 1.165) is 5.56 Å². The number of carbonyl (C=O) groups excluding carboxylic acids is 1. The van der Waals surface area contributed by atoms with Gasteiger partial charge in [-0.15, -0.1) is 16.4 Å². The summed E-state index contributed by atoms with van der Waals surface area (Å²) in [5, 5.41) is 18.0. The molecule has 0 radical (unpaired) electrons. The Morgan fingerprint density at radius 1 is 1.26 bits per heavy atom. The molecule has 4 rings (SSSR count). The highest BCUT2D eigenvalue weighted by molar-refractivity contribution is 7.07. The number of nitrogens with one attached hydrogen (secondary N) is 1. The quantitative estimate of drug-likeness (QED) is 0.281. The number of hydrogen-bond acceptors (Lipinski definition) is 9. The number of halogens is 1. The summed E-state index contributed by atoms with van der Waals surface area (Å²) in [5.74, 6) is 0.299. The maximum Gasteiger partial charge on any atom is 0.294 e. The van der Waals surface area contributed by atoms with E-state index in [0.29, 0.717) is 11.4 Å². The van der Waals surface area contributed by atoms with Gasteiger partial charge in [0.2, 0.25) is 10.7 Å². The molecular weight excluding hydrogens is 496 g/mol. The molecule has 0 saturated carbocycles. The Labute approximate surface area is 207 Å². The van der Waals surface area contributed by atoms with E-state index in [2.05, 4.69) is 20.5 Å². The van der Waals surface area contributed by atoms with Crippen molar-refractivity contribution in [3.63, 3.8) is 0 Å². The number of nitro benzene ring substituents is 1. The van der Waals surface area contributed by atoms with Gasteiger partial charge in [0.25, 0.3) is 11.6 Å². The summed E-state index contributed by atoms with van der Waals surface area (Å²) in [6.45, 7) is -0.347. The molecule has 0 atom stereocenters. The van der Waals surface area contributed by atoms with Crippen LogP contribution in [-0.4, -0.2) is 39.1 Å². The molecule has 178 valence electrons. The number of amides is 1. The molecule has 2 aromatic carbocycles. The third-order valence-electron chi connectivity index (χ3n) is 4.64. The van der Waals surface area contributed by atoms with Crippen molar-refractivity contribution in [3.05, 3.63) is 86.4 Å². The van der Waals surface area contributed by atoms with Gasteiger partial charge in [0.05, 0.1) is 23.9 Å². The van der Waals surface area contributed by atoms with Crippen LogP contribution in [0.15, 0.2) is 71.5 Å². The highest BCUT2D eigenvalue weighted by Crippen LogP contribution is 2.31. The Hall–Kier alpha value is -4.29. The lowest BCUT2D eigenvalue weighted by molar-refractivity contribution is -0.384. The third kappa shape index (κ3) is 5.62. The van der Waals surface area contributed by atoms with Crippen LogP contribution >= 0.6 is 22.9 Å². The van der Waals surface area contributed by atoms with Crippen LogP contribution in [0.4, 0.5) is 5.69 Å². The fourth-order valence-corrected chi connectivity index (χ4v) is 4.08. The average molecular weight is 513 g/mol. The summed E-state index contributed by atoms with van der Waals surface area (Å²) in [6.07, 6.45) is 4.29. The van der Waals surface area contributed by atoms with Crippen LogP contribution in [0.3, 0.4) is 0 Å². The first-order valence-corrected chi connectivity index (χ1v) is 11.2. The zero-order valence-electron chi connectivity index (χ0n) is 18.1. The Kier molecular flexibility index (Phi) is 7.33. The summed E-state index contributed by atoms with van der Waals surface area (Å²) in [5.41, 5.74) is 3.79. The van der Waals surface area contributed by atoms with Gasteiger partial charge in [0.1, 0.15) is 11.4 Å². The molecule has 13 heteroatoms. The maximum absolute atomic E-state index is 12.3. The second-order valence-corrected chi connectivity index (χ2v) is 8.11. The van der Waals surface area contributed by atoms with Gasteiger partial charge < -0.3 is 9.47 Å². The van der Waals surface area contributed by atoms with Crippen molar-refractivity contribution in [3.8, 4) is 28.6 Å². The first kappa shape index (κ1) is 23.9. The fourth-order valence-electron chi connectivity index (χ4n) is 3.06. The highest BCUT2D eigenvalue weighted by atomic mass is 35.5. The fraction of sp³-hybridized carbons (Fsp3) is 0.0909. The molecule has 1 amide bonds. The van der Waals surface area contributed by atoms with Gasteiger partial charge in [0.15, 0.2) is 6.61 Å². The first-order chi connectivity index (χ1) is 17.0. The standard InChI is InChI=1S/C22H17ClN6O5S/c1-33-16-5-2-14(3-6-16)19-13-35-22(27-26-20(30)12-34-21-11-24-8-9-25-21)28(19)17-7-4-15(23)10-18(17)29(31)32/h2-11,13H,12H2,1H3,(H,26,30)/b27-22-. The van der Waals surface area contributed by atoms with Crippen molar-refractivity contribution in [1.82, 2.24) is 20.0 Å². The SMILES string of the molecule is COc1ccc(-c2cs/c(=N\NC(=O)COc3cnccn3)n2-c2ccc(Cl)cc2[N+](=O)[O-])cc1. The summed E-state index contributed by atoms with van der Waals surface area (Å²) >= 11 is 7.20. The second-order valence-electron chi connectivity index (χ2n) is 6.84. The molecule has 0 aliphatic carbocycles. The number of ether oxygens (including phenoxy) is 2. The molecule has 0 bridgehead atoms. The van der Waals surface area contributed by atoms with E-state index in [1.165, 1.54) is 42.1 Å². The molecule has 2 aromatic heterocycles. The number of carbonyl (C=O) groups is 1. The van der Waals surface area contributed by atoms with Crippen molar-refractivity contribution in [2.24, 2.45) is 5.10 Å². The number of nitro groups is 1. The molecule has 1 N–H and O–H groups in total. The molecule has 0 unspecified atom stereocenters. The van der Waals surface area contributed by atoms with Crippen molar-refractivity contribution >= 4 is 34.5 Å². The van der Waals surface area contributed by atoms with E-state index < -0.39 is 10.8 Å². The van der Waals surface area contributed by atoms with Crippen molar-refractivity contribution < 1.29 is 19.2 Å². The van der Waals surface area contributed by atoms with Gasteiger partial charge in [-0.05, 0) is 42.0 Å². The normalized spacial score (nSPS) is 11.2. The monoisotopic (exact) mass is 512 g/mol. The number of aromatic nitrogens is 3. The lowest BCUT2D eigenvalue weighted by Gasteiger charge is -2.11. The van der Waals surface area contributed by atoms with Gasteiger partial charge in [-0.2, -0.15) is 0 Å². The van der Waals surface area contributed by atoms with E-state index in [1.54, 1.807) is 35.3 Å². The van der Waals surface area contributed by atoms with Gasteiger partial charge in [0, 0.05) is 28.9 Å². The number of benzene rings is 2. The molecule has 0 aliphatic heterocycles. The Bertz CT molecular complexity index is 1420. The number of thiazole rings is 1. The van der Waals surface area contributed by atoms with E-state index in [9.17, 15) is 14.9 Å². The minimum absolute atomic E-state index is 0.187.